The van der Waals surface area contributed by atoms with Gasteiger partial charge in [0.15, 0.2) is 11.5 Å². The molecule has 0 fully saturated rings. The molecule has 0 saturated carbocycles. The Bertz CT molecular complexity index is 480. The van der Waals surface area contributed by atoms with Crippen LogP contribution >= 0.6 is 0 Å². The highest BCUT2D eigenvalue weighted by atomic mass is 19.4. The molecule has 19 heavy (non-hydrogen) atoms. The minimum Gasteiger partial charge on any atom is -0.486 e. The number of rotatable bonds is 5. The number of alkyl halides is 3. The predicted octanol–water partition coefficient (Wildman–Crippen LogP) is 3.24. The van der Waals surface area contributed by atoms with E-state index >= 15 is 0 Å². The molecule has 0 unspecified atom stereocenters. The van der Waals surface area contributed by atoms with E-state index < -0.39 is 18.1 Å². The standard InChI is InChI=1S/C12H11F3O4/c1-2-3-6-18-9-5-4-8(11(16)17)7-10(9)19-12(13,14)15/h2-5,7H,6H2,1H3,(H,16,17). The zero-order valence-electron chi connectivity index (χ0n) is 9.90. The maximum Gasteiger partial charge on any atom is 0.573 e. The Morgan fingerprint density at radius 2 is 2.05 bits per heavy atom. The molecule has 0 radical (unpaired) electrons. The maximum atomic E-state index is 12.2. The third kappa shape index (κ3) is 4.90. The summed E-state index contributed by atoms with van der Waals surface area (Å²) in [6.45, 7) is 1.78. The summed E-state index contributed by atoms with van der Waals surface area (Å²) in [5.41, 5.74) is -0.322. The number of ether oxygens (including phenoxy) is 2. The molecule has 0 bridgehead atoms. The molecule has 1 N–H and O–H groups in total. The van der Waals surface area contributed by atoms with E-state index in [0.29, 0.717) is 0 Å². The van der Waals surface area contributed by atoms with Gasteiger partial charge in [-0.25, -0.2) is 4.79 Å². The summed E-state index contributed by atoms with van der Waals surface area (Å²) in [5, 5.41) is 8.72. The summed E-state index contributed by atoms with van der Waals surface area (Å²) in [5.74, 6) is -2.22. The van der Waals surface area contributed by atoms with Crippen LogP contribution in [0, 0.1) is 0 Å². The van der Waals surface area contributed by atoms with Crippen LogP contribution in [0.25, 0.3) is 0 Å². The Hall–Kier alpha value is -2.18. The zero-order chi connectivity index (χ0) is 14.5. The topological polar surface area (TPSA) is 55.8 Å². The molecule has 0 heterocycles. The van der Waals surface area contributed by atoms with Crippen molar-refractivity contribution in [1.29, 1.82) is 0 Å². The lowest BCUT2D eigenvalue weighted by Crippen LogP contribution is -2.18. The van der Waals surface area contributed by atoms with Crippen molar-refractivity contribution >= 4 is 5.97 Å². The number of benzene rings is 1. The Morgan fingerprint density at radius 1 is 1.37 bits per heavy atom. The Morgan fingerprint density at radius 3 is 2.58 bits per heavy atom. The molecule has 0 amide bonds. The molecule has 0 saturated heterocycles. The molecular formula is C12H11F3O4. The summed E-state index contributed by atoms with van der Waals surface area (Å²) < 4.78 is 45.4. The van der Waals surface area contributed by atoms with Gasteiger partial charge in [0.05, 0.1) is 5.56 Å². The van der Waals surface area contributed by atoms with E-state index in [9.17, 15) is 18.0 Å². The summed E-state index contributed by atoms with van der Waals surface area (Å²) in [4.78, 5) is 10.7. The van der Waals surface area contributed by atoms with Crippen molar-refractivity contribution in [3.8, 4) is 11.5 Å². The number of allylic oxidation sites excluding steroid dienone is 1. The lowest BCUT2D eigenvalue weighted by molar-refractivity contribution is -0.275. The fourth-order valence-electron chi connectivity index (χ4n) is 1.20. The molecule has 4 nitrogen and oxygen atoms in total. The van der Waals surface area contributed by atoms with E-state index in [1.807, 2.05) is 0 Å². The largest absolute Gasteiger partial charge is 0.573 e. The van der Waals surface area contributed by atoms with Gasteiger partial charge in [-0.3, -0.25) is 0 Å². The van der Waals surface area contributed by atoms with Crippen LogP contribution in [0.3, 0.4) is 0 Å². The summed E-state index contributed by atoms with van der Waals surface area (Å²) in [7, 11) is 0. The van der Waals surface area contributed by atoms with E-state index in [-0.39, 0.29) is 17.9 Å². The number of carbonyl (C=O) groups is 1. The van der Waals surface area contributed by atoms with Gasteiger partial charge >= 0.3 is 12.3 Å². The van der Waals surface area contributed by atoms with Gasteiger partial charge in [-0.05, 0) is 25.1 Å². The van der Waals surface area contributed by atoms with Crippen LogP contribution in [0.2, 0.25) is 0 Å². The molecule has 104 valence electrons. The van der Waals surface area contributed by atoms with Crippen molar-refractivity contribution in [3.05, 3.63) is 35.9 Å². The predicted molar refractivity (Wildman–Crippen MR) is 60.4 cm³/mol. The molecule has 0 aliphatic heterocycles. The summed E-state index contributed by atoms with van der Waals surface area (Å²) in [6.07, 6.45) is -1.67. The van der Waals surface area contributed by atoms with Crippen molar-refractivity contribution in [3.63, 3.8) is 0 Å². The molecule has 0 aromatic heterocycles. The van der Waals surface area contributed by atoms with E-state index in [1.165, 1.54) is 0 Å². The number of halogens is 3. The van der Waals surface area contributed by atoms with Gasteiger partial charge < -0.3 is 14.6 Å². The molecule has 7 heteroatoms. The number of aromatic carboxylic acids is 1. The van der Waals surface area contributed by atoms with Gasteiger partial charge in [0.1, 0.15) is 6.61 Å². The van der Waals surface area contributed by atoms with Gasteiger partial charge in [-0.1, -0.05) is 12.2 Å². The molecule has 1 aromatic rings. The van der Waals surface area contributed by atoms with Gasteiger partial charge in [0.2, 0.25) is 0 Å². The van der Waals surface area contributed by atoms with Crippen LogP contribution in [0.1, 0.15) is 17.3 Å². The highest BCUT2D eigenvalue weighted by molar-refractivity contribution is 5.88. The first-order valence-electron chi connectivity index (χ1n) is 5.20. The average molecular weight is 276 g/mol. The van der Waals surface area contributed by atoms with Crippen LogP contribution in [0.4, 0.5) is 13.2 Å². The quantitative estimate of drug-likeness (QED) is 0.839. The Balaban J connectivity index is 3.03. The Kier molecular flexibility index (Phi) is 4.80. The highest BCUT2D eigenvalue weighted by Crippen LogP contribution is 2.33. The summed E-state index contributed by atoms with van der Waals surface area (Å²) >= 11 is 0. The second-order valence-corrected chi connectivity index (χ2v) is 3.39. The van der Waals surface area contributed by atoms with Crippen molar-refractivity contribution < 1.29 is 32.5 Å². The van der Waals surface area contributed by atoms with Crippen LogP contribution in [0.15, 0.2) is 30.4 Å². The van der Waals surface area contributed by atoms with Crippen molar-refractivity contribution in [2.75, 3.05) is 6.61 Å². The van der Waals surface area contributed by atoms with Gasteiger partial charge in [-0.15, -0.1) is 13.2 Å². The summed E-state index contributed by atoms with van der Waals surface area (Å²) in [6, 6.07) is 3.02. The van der Waals surface area contributed by atoms with Gasteiger partial charge in [0, 0.05) is 0 Å². The molecule has 1 rings (SSSR count). The molecule has 0 aliphatic rings. The first-order chi connectivity index (χ1) is 8.83. The van der Waals surface area contributed by atoms with Crippen molar-refractivity contribution in [2.45, 2.75) is 13.3 Å². The second-order valence-electron chi connectivity index (χ2n) is 3.39. The second kappa shape index (κ2) is 6.12. The average Bonchev–Trinajstić information content (AvgIpc) is 2.29. The molecule has 0 atom stereocenters. The monoisotopic (exact) mass is 276 g/mol. The number of hydrogen-bond acceptors (Lipinski definition) is 3. The lowest BCUT2D eigenvalue weighted by Gasteiger charge is -2.13. The highest BCUT2D eigenvalue weighted by Gasteiger charge is 2.32. The third-order valence-corrected chi connectivity index (χ3v) is 1.99. The van der Waals surface area contributed by atoms with E-state index in [2.05, 4.69) is 4.74 Å². The van der Waals surface area contributed by atoms with E-state index in [0.717, 1.165) is 18.2 Å². The van der Waals surface area contributed by atoms with E-state index in [1.54, 1.807) is 19.1 Å². The number of carboxylic acids is 1. The van der Waals surface area contributed by atoms with Crippen molar-refractivity contribution in [2.24, 2.45) is 0 Å². The van der Waals surface area contributed by atoms with Crippen LogP contribution < -0.4 is 9.47 Å². The smallest absolute Gasteiger partial charge is 0.486 e. The molecule has 0 spiro atoms. The first-order valence-corrected chi connectivity index (χ1v) is 5.20. The Labute approximate surface area is 107 Å². The third-order valence-electron chi connectivity index (χ3n) is 1.99. The van der Waals surface area contributed by atoms with Crippen LogP contribution in [-0.2, 0) is 0 Å². The number of carboxylic acid groups (broad SMARTS) is 1. The van der Waals surface area contributed by atoms with Crippen molar-refractivity contribution in [1.82, 2.24) is 0 Å². The zero-order valence-corrected chi connectivity index (χ0v) is 9.90. The SMILES string of the molecule is CC=CCOc1ccc(C(=O)O)cc1OC(F)(F)F. The van der Waals surface area contributed by atoms with Gasteiger partial charge in [-0.2, -0.15) is 0 Å². The fourth-order valence-corrected chi connectivity index (χ4v) is 1.20. The first kappa shape index (κ1) is 14.9. The maximum absolute atomic E-state index is 12.2. The minimum atomic E-state index is -4.92. The minimum absolute atomic E-state index is 0.0527. The molecule has 1 aromatic carbocycles. The van der Waals surface area contributed by atoms with Crippen LogP contribution in [0.5, 0.6) is 11.5 Å². The number of hydrogen-bond donors (Lipinski definition) is 1. The van der Waals surface area contributed by atoms with E-state index in [4.69, 9.17) is 9.84 Å². The fraction of sp³-hybridized carbons (Fsp3) is 0.250. The lowest BCUT2D eigenvalue weighted by atomic mass is 10.2. The molecule has 0 aliphatic carbocycles. The normalized spacial score (nSPS) is 11.6. The van der Waals surface area contributed by atoms with Crippen LogP contribution in [-0.4, -0.2) is 24.0 Å². The van der Waals surface area contributed by atoms with Gasteiger partial charge in [0.25, 0.3) is 0 Å². The molecular weight excluding hydrogens is 265 g/mol.